The Labute approximate surface area is 94.6 Å². The Kier molecular flexibility index (Phi) is 4.74. The van der Waals surface area contributed by atoms with Crippen LogP contribution in [-0.4, -0.2) is 29.7 Å². The Morgan fingerprint density at radius 1 is 1.44 bits per heavy atom. The van der Waals surface area contributed by atoms with Crippen molar-refractivity contribution in [2.75, 3.05) is 30.2 Å². The molecule has 0 aliphatic heterocycles. The molecule has 1 aromatic rings. The van der Waals surface area contributed by atoms with Gasteiger partial charge in [0.15, 0.2) is 0 Å². The highest BCUT2D eigenvalue weighted by atomic mass is 16.5. The van der Waals surface area contributed by atoms with Gasteiger partial charge in [-0.1, -0.05) is 0 Å². The van der Waals surface area contributed by atoms with Crippen LogP contribution in [0.2, 0.25) is 0 Å². The number of rotatable bonds is 6. The van der Waals surface area contributed by atoms with Crippen LogP contribution in [0.5, 0.6) is 0 Å². The van der Waals surface area contributed by atoms with Gasteiger partial charge < -0.3 is 21.2 Å². The third kappa shape index (κ3) is 3.87. The molecule has 1 rings (SSSR count). The van der Waals surface area contributed by atoms with Gasteiger partial charge >= 0.3 is 0 Å². The molecule has 90 valence electrons. The first-order valence-corrected chi connectivity index (χ1v) is 5.02. The second-order valence-electron chi connectivity index (χ2n) is 3.47. The van der Waals surface area contributed by atoms with Crippen LogP contribution in [0.4, 0.5) is 17.6 Å². The van der Waals surface area contributed by atoms with E-state index in [4.69, 9.17) is 16.3 Å². The molecule has 1 aromatic heterocycles. The van der Waals surface area contributed by atoms with E-state index in [2.05, 4.69) is 20.7 Å². The number of nitrogens with two attached hydrogens (primary N) is 2. The van der Waals surface area contributed by atoms with Gasteiger partial charge in [0.25, 0.3) is 0 Å². The quantitative estimate of drug-likeness (QED) is 0.404. The minimum absolute atomic E-state index is 0.178. The Hall–Kier alpha value is -1.60. The van der Waals surface area contributed by atoms with E-state index < -0.39 is 0 Å². The van der Waals surface area contributed by atoms with Gasteiger partial charge in [-0.2, -0.15) is 9.97 Å². The van der Waals surface area contributed by atoms with Crippen LogP contribution in [0, 0.1) is 0 Å². The molecular weight excluding hydrogens is 208 g/mol. The van der Waals surface area contributed by atoms with Crippen molar-refractivity contribution in [2.24, 2.45) is 5.84 Å². The lowest BCUT2D eigenvalue weighted by atomic mass is 10.2. The number of anilines is 3. The van der Waals surface area contributed by atoms with Crippen LogP contribution in [0.15, 0.2) is 6.07 Å². The second kappa shape index (κ2) is 6.09. The molecular formula is C9H18N6O. The average molecular weight is 226 g/mol. The first-order chi connectivity index (χ1) is 7.65. The molecule has 6 N–H and O–H groups in total. The molecule has 0 amide bonds. The Morgan fingerprint density at radius 2 is 2.12 bits per heavy atom. The summed E-state index contributed by atoms with van der Waals surface area (Å²) in [6.07, 6.45) is 0.881. The fourth-order valence-electron chi connectivity index (χ4n) is 1.23. The summed E-state index contributed by atoms with van der Waals surface area (Å²) >= 11 is 0. The predicted octanol–water partition coefficient (Wildman–Crippen LogP) is 0.181. The third-order valence-corrected chi connectivity index (χ3v) is 2.04. The summed E-state index contributed by atoms with van der Waals surface area (Å²) in [5.74, 6) is 6.56. The van der Waals surface area contributed by atoms with E-state index in [1.165, 1.54) is 0 Å². The molecule has 0 aliphatic carbocycles. The molecule has 7 nitrogen and oxygen atoms in total. The topological polar surface area (TPSA) is 111 Å². The lowest BCUT2D eigenvalue weighted by Crippen LogP contribution is -2.19. The van der Waals surface area contributed by atoms with Gasteiger partial charge in [0.2, 0.25) is 5.95 Å². The van der Waals surface area contributed by atoms with Crippen LogP contribution in [0.25, 0.3) is 0 Å². The molecule has 0 fully saturated rings. The molecule has 1 unspecified atom stereocenters. The molecule has 0 aromatic carbocycles. The zero-order chi connectivity index (χ0) is 12.0. The summed E-state index contributed by atoms with van der Waals surface area (Å²) < 4.78 is 4.99. The fourth-order valence-corrected chi connectivity index (χ4v) is 1.23. The Balaban J connectivity index is 2.61. The Morgan fingerprint density at radius 3 is 2.75 bits per heavy atom. The van der Waals surface area contributed by atoms with E-state index >= 15 is 0 Å². The number of nitrogens with zero attached hydrogens (tertiary/aromatic N) is 2. The smallest absolute Gasteiger partial charge is 0.223 e. The summed E-state index contributed by atoms with van der Waals surface area (Å²) in [5, 5.41) is 3.19. The van der Waals surface area contributed by atoms with Crippen LogP contribution < -0.4 is 22.3 Å². The maximum Gasteiger partial charge on any atom is 0.223 e. The third-order valence-electron chi connectivity index (χ3n) is 2.04. The monoisotopic (exact) mass is 226 g/mol. The van der Waals surface area contributed by atoms with E-state index in [1.807, 2.05) is 6.92 Å². The van der Waals surface area contributed by atoms with Gasteiger partial charge in [-0.25, -0.2) is 5.84 Å². The van der Waals surface area contributed by atoms with Gasteiger partial charge in [-0.15, -0.1) is 0 Å². The van der Waals surface area contributed by atoms with Crippen molar-refractivity contribution in [3.05, 3.63) is 6.07 Å². The Bertz CT molecular complexity index is 332. The first kappa shape index (κ1) is 12.5. The SMILES string of the molecule is COCCC(C)Nc1cc(NN)nc(N)n1. The molecule has 16 heavy (non-hydrogen) atoms. The van der Waals surface area contributed by atoms with Gasteiger partial charge in [-0.05, 0) is 13.3 Å². The number of nitrogen functional groups attached to an aromatic ring is 2. The summed E-state index contributed by atoms with van der Waals surface area (Å²) in [4.78, 5) is 7.94. The summed E-state index contributed by atoms with van der Waals surface area (Å²) in [6, 6.07) is 1.93. The number of methoxy groups -OCH3 is 1. The number of hydrogen-bond acceptors (Lipinski definition) is 7. The van der Waals surface area contributed by atoms with Crippen molar-refractivity contribution in [1.82, 2.24) is 9.97 Å². The largest absolute Gasteiger partial charge is 0.385 e. The van der Waals surface area contributed by atoms with Crippen LogP contribution in [0.3, 0.4) is 0 Å². The van der Waals surface area contributed by atoms with E-state index in [1.54, 1.807) is 13.2 Å². The minimum atomic E-state index is 0.178. The highest BCUT2D eigenvalue weighted by molar-refractivity contribution is 5.50. The summed E-state index contributed by atoms with van der Waals surface area (Å²) in [7, 11) is 1.67. The van der Waals surface area contributed by atoms with Crippen molar-refractivity contribution < 1.29 is 4.74 Å². The standard InChI is InChI=1S/C9H18N6O/c1-6(3-4-16-2)12-7-5-8(15-11)14-9(10)13-7/h5-6H,3-4,11H2,1-2H3,(H4,10,12,13,14,15). The molecule has 7 heteroatoms. The van der Waals surface area contributed by atoms with E-state index in [-0.39, 0.29) is 12.0 Å². The maximum atomic E-state index is 5.53. The number of aromatic nitrogens is 2. The predicted molar refractivity (Wildman–Crippen MR) is 63.8 cm³/mol. The van der Waals surface area contributed by atoms with Crippen molar-refractivity contribution in [1.29, 1.82) is 0 Å². The van der Waals surface area contributed by atoms with Gasteiger partial charge in [-0.3, -0.25) is 0 Å². The molecule has 0 saturated carbocycles. The zero-order valence-electron chi connectivity index (χ0n) is 9.53. The van der Waals surface area contributed by atoms with Crippen molar-refractivity contribution in [3.8, 4) is 0 Å². The molecule has 0 bridgehead atoms. The second-order valence-corrected chi connectivity index (χ2v) is 3.47. The van der Waals surface area contributed by atoms with Crippen LogP contribution in [-0.2, 0) is 4.74 Å². The maximum absolute atomic E-state index is 5.53. The van der Waals surface area contributed by atoms with Gasteiger partial charge in [0, 0.05) is 25.8 Å². The van der Waals surface area contributed by atoms with Crippen molar-refractivity contribution in [3.63, 3.8) is 0 Å². The molecule has 0 radical (unpaired) electrons. The van der Waals surface area contributed by atoms with E-state index in [0.29, 0.717) is 18.2 Å². The minimum Gasteiger partial charge on any atom is -0.385 e. The number of hydrazine groups is 1. The molecule has 0 spiro atoms. The molecule has 0 saturated heterocycles. The summed E-state index contributed by atoms with van der Waals surface area (Å²) in [6.45, 7) is 2.73. The fraction of sp³-hybridized carbons (Fsp3) is 0.556. The normalized spacial score (nSPS) is 12.2. The van der Waals surface area contributed by atoms with Gasteiger partial charge in [0.1, 0.15) is 11.6 Å². The molecule has 0 aliphatic rings. The van der Waals surface area contributed by atoms with Crippen molar-refractivity contribution in [2.45, 2.75) is 19.4 Å². The zero-order valence-corrected chi connectivity index (χ0v) is 9.53. The van der Waals surface area contributed by atoms with E-state index in [9.17, 15) is 0 Å². The van der Waals surface area contributed by atoms with E-state index in [0.717, 1.165) is 6.42 Å². The highest BCUT2D eigenvalue weighted by Crippen LogP contribution is 2.12. The van der Waals surface area contributed by atoms with Crippen LogP contribution in [0.1, 0.15) is 13.3 Å². The number of ether oxygens (including phenoxy) is 1. The molecule has 1 atom stereocenters. The lowest BCUT2D eigenvalue weighted by Gasteiger charge is -2.14. The number of hydrogen-bond donors (Lipinski definition) is 4. The first-order valence-electron chi connectivity index (χ1n) is 5.02. The highest BCUT2D eigenvalue weighted by Gasteiger charge is 2.05. The summed E-state index contributed by atoms with van der Waals surface area (Å²) in [5.41, 5.74) is 7.96. The van der Waals surface area contributed by atoms with Crippen LogP contribution >= 0.6 is 0 Å². The molecule has 1 heterocycles. The lowest BCUT2D eigenvalue weighted by molar-refractivity contribution is 0.191. The average Bonchev–Trinajstić information content (AvgIpc) is 2.25. The van der Waals surface area contributed by atoms with Gasteiger partial charge in [0.05, 0.1) is 0 Å². The number of nitrogens with one attached hydrogen (secondary N) is 2. The van der Waals surface area contributed by atoms with Crippen molar-refractivity contribution >= 4 is 17.6 Å².